The van der Waals surface area contributed by atoms with Crippen LogP contribution in [0, 0.1) is 13.8 Å². The van der Waals surface area contributed by atoms with Gasteiger partial charge in [-0.05, 0) is 32.0 Å². The summed E-state index contributed by atoms with van der Waals surface area (Å²) in [4.78, 5) is 17.8. The summed E-state index contributed by atoms with van der Waals surface area (Å²) < 4.78 is 5.09. The van der Waals surface area contributed by atoms with E-state index in [9.17, 15) is 9.90 Å². The van der Waals surface area contributed by atoms with Crippen molar-refractivity contribution in [2.75, 3.05) is 0 Å². The molecule has 0 fully saturated rings. The number of aromatic nitrogens is 2. The Morgan fingerprint density at radius 3 is 2.79 bits per heavy atom. The molecule has 0 radical (unpaired) electrons. The van der Waals surface area contributed by atoms with E-state index < -0.39 is 5.97 Å². The fourth-order valence-corrected chi connectivity index (χ4v) is 2.79. The van der Waals surface area contributed by atoms with E-state index in [1.54, 1.807) is 24.3 Å². The van der Waals surface area contributed by atoms with Gasteiger partial charge in [0, 0.05) is 4.88 Å². The van der Waals surface area contributed by atoms with E-state index >= 15 is 0 Å². The molecule has 3 rings (SSSR count). The molecule has 0 aliphatic rings. The van der Waals surface area contributed by atoms with Crippen molar-refractivity contribution in [2.45, 2.75) is 13.8 Å². The molecule has 3 aromatic heterocycles. The minimum absolute atomic E-state index is 0.171. The number of hydrogen-bond acceptors (Lipinski definition) is 5. The zero-order valence-corrected chi connectivity index (χ0v) is 11.1. The monoisotopic (exact) mass is 274 g/mol. The molecule has 0 atom stereocenters. The zero-order valence-electron chi connectivity index (χ0n) is 10.3. The van der Waals surface area contributed by atoms with Crippen LogP contribution in [0.2, 0.25) is 0 Å². The molecular weight excluding hydrogens is 264 g/mol. The number of hydrogen-bond donors (Lipinski definition) is 1. The highest BCUT2D eigenvalue weighted by Crippen LogP contribution is 2.30. The number of carboxylic acids is 1. The SMILES string of the molecule is Cc1ccc(-c2cc(C(=O)O)c3c(C)noc3n2)s1. The van der Waals surface area contributed by atoms with Crippen molar-refractivity contribution in [2.24, 2.45) is 0 Å². The minimum atomic E-state index is -1.01. The average Bonchev–Trinajstić information content (AvgIpc) is 2.95. The summed E-state index contributed by atoms with van der Waals surface area (Å²) in [6.07, 6.45) is 0. The summed E-state index contributed by atoms with van der Waals surface area (Å²) in [7, 11) is 0. The summed E-state index contributed by atoms with van der Waals surface area (Å²) in [6.45, 7) is 3.69. The molecule has 0 unspecified atom stereocenters. The predicted octanol–water partition coefficient (Wildman–Crippen LogP) is 3.27. The topological polar surface area (TPSA) is 76.2 Å². The van der Waals surface area contributed by atoms with E-state index in [1.807, 2.05) is 19.1 Å². The third-order valence-electron chi connectivity index (χ3n) is 2.84. The van der Waals surface area contributed by atoms with Crippen LogP contribution in [-0.4, -0.2) is 21.2 Å². The van der Waals surface area contributed by atoms with Gasteiger partial charge in [0.25, 0.3) is 5.71 Å². The fourth-order valence-electron chi connectivity index (χ4n) is 1.96. The first-order valence-corrected chi connectivity index (χ1v) is 6.45. The van der Waals surface area contributed by atoms with Gasteiger partial charge in [0.15, 0.2) is 0 Å². The van der Waals surface area contributed by atoms with Crippen LogP contribution in [-0.2, 0) is 0 Å². The van der Waals surface area contributed by atoms with E-state index in [0.717, 1.165) is 9.75 Å². The van der Waals surface area contributed by atoms with E-state index in [-0.39, 0.29) is 11.3 Å². The van der Waals surface area contributed by atoms with E-state index in [4.69, 9.17) is 4.52 Å². The van der Waals surface area contributed by atoms with Crippen molar-refractivity contribution < 1.29 is 14.4 Å². The molecule has 0 aliphatic heterocycles. The normalized spacial score (nSPS) is 11.1. The molecule has 3 heterocycles. The summed E-state index contributed by atoms with van der Waals surface area (Å²) in [5.41, 5.74) is 1.57. The standard InChI is InChI=1S/C13H10N2O3S/c1-6-3-4-10(19-6)9-5-8(13(16)17)11-7(2)15-18-12(11)14-9/h3-5H,1-2H3,(H,16,17). The van der Waals surface area contributed by atoms with E-state index in [1.165, 1.54) is 0 Å². The Balaban J connectivity index is 2.31. The molecule has 6 heteroatoms. The zero-order chi connectivity index (χ0) is 13.6. The summed E-state index contributed by atoms with van der Waals surface area (Å²) >= 11 is 1.56. The number of pyridine rings is 1. The van der Waals surface area contributed by atoms with Crippen molar-refractivity contribution in [3.63, 3.8) is 0 Å². The highest BCUT2D eigenvalue weighted by Gasteiger charge is 2.19. The smallest absolute Gasteiger partial charge is 0.336 e. The van der Waals surface area contributed by atoms with E-state index in [0.29, 0.717) is 16.8 Å². The van der Waals surface area contributed by atoms with Gasteiger partial charge in [0.1, 0.15) is 0 Å². The second-order valence-electron chi connectivity index (χ2n) is 4.22. The summed E-state index contributed by atoms with van der Waals surface area (Å²) in [5.74, 6) is -1.01. The first kappa shape index (κ1) is 11.9. The Morgan fingerprint density at radius 1 is 1.37 bits per heavy atom. The van der Waals surface area contributed by atoms with Crippen LogP contribution in [0.4, 0.5) is 0 Å². The fraction of sp³-hybridized carbons (Fsp3) is 0.154. The maximum absolute atomic E-state index is 11.4. The van der Waals surface area contributed by atoms with Gasteiger partial charge in [-0.1, -0.05) is 5.16 Å². The molecule has 96 valence electrons. The molecule has 0 saturated heterocycles. The molecule has 0 bridgehead atoms. The summed E-state index contributed by atoms with van der Waals surface area (Å²) in [5, 5.41) is 13.6. The molecule has 0 aromatic carbocycles. The molecule has 0 amide bonds. The van der Waals surface area contributed by atoms with Crippen LogP contribution < -0.4 is 0 Å². The van der Waals surface area contributed by atoms with Crippen LogP contribution >= 0.6 is 11.3 Å². The third-order valence-corrected chi connectivity index (χ3v) is 3.86. The maximum Gasteiger partial charge on any atom is 0.336 e. The van der Waals surface area contributed by atoms with Crippen LogP contribution in [0.15, 0.2) is 22.7 Å². The van der Waals surface area contributed by atoms with Gasteiger partial charge < -0.3 is 9.63 Å². The number of carboxylic acid groups (broad SMARTS) is 1. The van der Waals surface area contributed by atoms with Crippen molar-refractivity contribution in [3.05, 3.63) is 34.3 Å². The Hall–Kier alpha value is -2.21. The Labute approximate surface area is 112 Å². The van der Waals surface area contributed by atoms with Crippen LogP contribution in [0.1, 0.15) is 20.9 Å². The predicted molar refractivity (Wildman–Crippen MR) is 71.6 cm³/mol. The van der Waals surface area contributed by atoms with Crippen LogP contribution in [0.3, 0.4) is 0 Å². The molecule has 0 aliphatic carbocycles. The highest BCUT2D eigenvalue weighted by atomic mass is 32.1. The molecule has 1 N–H and O–H groups in total. The molecule has 5 nitrogen and oxygen atoms in total. The molecule has 3 aromatic rings. The van der Waals surface area contributed by atoms with Gasteiger partial charge in [-0.3, -0.25) is 0 Å². The number of rotatable bonds is 2. The second-order valence-corrected chi connectivity index (χ2v) is 5.51. The lowest BCUT2D eigenvalue weighted by Crippen LogP contribution is -1.99. The summed E-state index contributed by atoms with van der Waals surface area (Å²) in [6, 6.07) is 5.46. The van der Waals surface area contributed by atoms with Gasteiger partial charge in [0.05, 0.1) is 27.2 Å². The Bertz CT molecular complexity index is 788. The van der Waals surface area contributed by atoms with Crippen molar-refractivity contribution in [3.8, 4) is 10.6 Å². The maximum atomic E-state index is 11.4. The van der Waals surface area contributed by atoms with Crippen LogP contribution in [0.25, 0.3) is 21.7 Å². The van der Waals surface area contributed by atoms with E-state index in [2.05, 4.69) is 10.1 Å². The number of nitrogens with zero attached hydrogens (tertiary/aromatic N) is 2. The Kier molecular flexibility index (Phi) is 2.60. The van der Waals surface area contributed by atoms with Crippen molar-refractivity contribution >= 4 is 28.4 Å². The number of aromatic carboxylic acids is 1. The van der Waals surface area contributed by atoms with Gasteiger partial charge in [0.2, 0.25) is 0 Å². The quantitative estimate of drug-likeness (QED) is 0.776. The molecule has 0 spiro atoms. The number of fused-ring (bicyclic) bond motifs is 1. The number of carbonyl (C=O) groups is 1. The average molecular weight is 274 g/mol. The van der Waals surface area contributed by atoms with Crippen LogP contribution in [0.5, 0.6) is 0 Å². The first-order valence-electron chi connectivity index (χ1n) is 5.63. The number of thiophene rings is 1. The second kappa shape index (κ2) is 4.17. The largest absolute Gasteiger partial charge is 0.478 e. The van der Waals surface area contributed by atoms with Gasteiger partial charge in [-0.25, -0.2) is 9.78 Å². The van der Waals surface area contributed by atoms with Gasteiger partial charge >= 0.3 is 5.97 Å². The lowest BCUT2D eigenvalue weighted by Gasteiger charge is -2.01. The lowest BCUT2D eigenvalue weighted by atomic mass is 10.1. The minimum Gasteiger partial charge on any atom is -0.478 e. The highest BCUT2D eigenvalue weighted by molar-refractivity contribution is 7.15. The van der Waals surface area contributed by atoms with Crippen molar-refractivity contribution in [1.29, 1.82) is 0 Å². The molecular formula is C13H10N2O3S. The molecule has 0 saturated carbocycles. The lowest BCUT2D eigenvalue weighted by molar-refractivity contribution is 0.0699. The van der Waals surface area contributed by atoms with Gasteiger partial charge in [-0.15, -0.1) is 11.3 Å². The first-order chi connectivity index (χ1) is 9.06. The molecule has 19 heavy (non-hydrogen) atoms. The number of aryl methyl sites for hydroxylation is 2. The third kappa shape index (κ3) is 1.90. The van der Waals surface area contributed by atoms with Gasteiger partial charge in [-0.2, -0.15) is 0 Å². The van der Waals surface area contributed by atoms with Crippen molar-refractivity contribution in [1.82, 2.24) is 10.1 Å². The Morgan fingerprint density at radius 2 is 2.16 bits per heavy atom.